The summed E-state index contributed by atoms with van der Waals surface area (Å²) in [5.74, 6) is -0.406. The van der Waals surface area contributed by atoms with Gasteiger partial charge in [-0.1, -0.05) is 24.3 Å². The molecule has 2 aromatic heterocycles. The van der Waals surface area contributed by atoms with Crippen LogP contribution in [0.3, 0.4) is 0 Å². The van der Waals surface area contributed by atoms with Gasteiger partial charge in [-0.15, -0.1) is 0 Å². The van der Waals surface area contributed by atoms with Gasteiger partial charge in [-0.05, 0) is 32.0 Å². The predicted molar refractivity (Wildman–Crippen MR) is 137 cm³/mol. The highest BCUT2D eigenvalue weighted by atomic mass is 19.4. The molecule has 3 aromatic rings. The molecule has 1 aromatic carbocycles. The van der Waals surface area contributed by atoms with Crippen LogP contribution in [0.5, 0.6) is 5.88 Å². The highest BCUT2D eigenvalue weighted by molar-refractivity contribution is 6.05. The molecular weight excluding hydrogens is 515 g/mol. The molecule has 1 saturated carbocycles. The van der Waals surface area contributed by atoms with Crippen LogP contribution in [0, 0.1) is 0 Å². The molecule has 0 amide bonds. The van der Waals surface area contributed by atoms with Crippen LogP contribution < -0.4 is 10.1 Å². The largest absolute Gasteiger partial charge is 0.480 e. The number of carboxylic acids is 1. The highest BCUT2D eigenvalue weighted by Crippen LogP contribution is 2.42. The van der Waals surface area contributed by atoms with E-state index in [0.717, 1.165) is 24.6 Å². The zero-order valence-corrected chi connectivity index (χ0v) is 21.5. The minimum Gasteiger partial charge on any atom is -0.480 e. The van der Waals surface area contributed by atoms with Crippen LogP contribution in [-0.4, -0.2) is 50.3 Å². The van der Waals surface area contributed by atoms with Crippen molar-refractivity contribution in [2.45, 2.75) is 38.4 Å². The number of carboxylic acid groups (broad SMARTS) is 1. The molecule has 0 atom stereocenters. The Hall–Kier alpha value is -4.55. The molecule has 13 heteroatoms. The van der Waals surface area contributed by atoms with Gasteiger partial charge in [-0.2, -0.15) is 13.2 Å². The standard InChI is InChI=1S/C26H26F3N7O3/c1-14(25(37)38)21(35-22(30-2)19-20(16-9-10-16)32-13-33-24(19)39-4)31-11-15-5-7-17(8-6-15)23-34-18(12-36(23)3)26(27,28)29/h5-8,12-13,16,31H,2,9-11H2,1,3-4H3,(H,37,38)/b21-14+,35-22-. The smallest absolute Gasteiger partial charge is 0.434 e. The number of alkyl halides is 3. The number of nitrogens with zero attached hydrogens (tertiary/aromatic N) is 6. The molecular formula is C26H26F3N7O3. The molecule has 0 unspecified atom stereocenters. The molecule has 4 rings (SSSR count). The average molecular weight is 542 g/mol. The van der Waals surface area contributed by atoms with E-state index < -0.39 is 17.8 Å². The number of aliphatic imine (C=N–C) groups is 2. The summed E-state index contributed by atoms with van der Waals surface area (Å²) in [4.78, 5) is 32.6. The van der Waals surface area contributed by atoms with Crippen LogP contribution in [0.1, 0.15) is 48.2 Å². The summed E-state index contributed by atoms with van der Waals surface area (Å²) in [6.45, 7) is 5.17. The van der Waals surface area contributed by atoms with Crippen molar-refractivity contribution < 1.29 is 27.8 Å². The van der Waals surface area contributed by atoms with Crippen LogP contribution in [0.25, 0.3) is 11.4 Å². The van der Waals surface area contributed by atoms with Crippen LogP contribution in [0.4, 0.5) is 13.2 Å². The lowest BCUT2D eigenvalue weighted by atomic mass is 10.1. The zero-order chi connectivity index (χ0) is 28.3. The number of hydrogen-bond acceptors (Lipinski definition) is 7. The molecule has 2 N–H and O–H groups in total. The van der Waals surface area contributed by atoms with Crippen molar-refractivity contribution in [1.82, 2.24) is 24.8 Å². The predicted octanol–water partition coefficient (Wildman–Crippen LogP) is 4.34. The van der Waals surface area contributed by atoms with E-state index in [2.05, 4.69) is 37.0 Å². The maximum absolute atomic E-state index is 13.0. The normalized spacial score (nSPS) is 14.6. The van der Waals surface area contributed by atoms with E-state index in [4.69, 9.17) is 4.74 Å². The van der Waals surface area contributed by atoms with Gasteiger partial charge in [0.1, 0.15) is 23.5 Å². The summed E-state index contributed by atoms with van der Waals surface area (Å²) in [7, 11) is 2.95. The maximum atomic E-state index is 13.0. The van der Waals surface area contributed by atoms with E-state index in [1.165, 1.54) is 32.0 Å². The topological polar surface area (TPSA) is 127 Å². The van der Waals surface area contributed by atoms with Gasteiger partial charge >= 0.3 is 12.1 Å². The van der Waals surface area contributed by atoms with Crippen molar-refractivity contribution in [3.05, 3.63) is 70.7 Å². The van der Waals surface area contributed by atoms with E-state index in [0.29, 0.717) is 16.8 Å². The van der Waals surface area contributed by atoms with Gasteiger partial charge in [0.2, 0.25) is 5.88 Å². The Morgan fingerprint density at radius 1 is 1.26 bits per heavy atom. The fourth-order valence-electron chi connectivity index (χ4n) is 3.88. The van der Waals surface area contributed by atoms with Crippen molar-refractivity contribution in [3.8, 4) is 17.3 Å². The molecule has 0 spiro atoms. The van der Waals surface area contributed by atoms with E-state index in [1.807, 2.05) is 0 Å². The lowest BCUT2D eigenvalue weighted by molar-refractivity contribution is -0.141. The van der Waals surface area contributed by atoms with Gasteiger partial charge in [-0.3, -0.25) is 0 Å². The Labute approximate surface area is 222 Å². The number of ether oxygens (including phenoxy) is 1. The first-order valence-electron chi connectivity index (χ1n) is 11.9. The van der Waals surface area contributed by atoms with E-state index >= 15 is 0 Å². The third-order valence-electron chi connectivity index (χ3n) is 6.11. The van der Waals surface area contributed by atoms with Gasteiger partial charge in [0.15, 0.2) is 11.5 Å². The summed E-state index contributed by atoms with van der Waals surface area (Å²) in [6, 6.07) is 6.68. The Bertz CT molecular complexity index is 1460. The molecule has 0 radical (unpaired) electrons. The molecule has 0 saturated heterocycles. The van der Waals surface area contributed by atoms with Gasteiger partial charge in [0.05, 0.1) is 18.4 Å². The van der Waals surface area contributed by atoms with Crippen molar-refractivity contribution in [2.75, 3.05) is 7.11 Å². The molecule has 1 aliphatic carbocycles. The van der Waals surface area contributed by atoms with Crippen LogP contribution >= 0.6 is 0 Å². The van der Waals surface area contributed by atoms with Crippen molar-refractivity contribution >= 4 is 18.5 Å². The molecule has 1 fully saturated rings. The SMILES string of the molecule is C=N/C(=N\C(NCc1ccc(-c2nc(C(F)(F)F)cn2C)cc1)=C(/C)C(=O)O)c1c(OC)ncnc1C1CC1. The number of amidine groups is 1. The van der Waals surface area contributed by atoms with E-state index in [-0.39, 0.29) is 41.4 Å². The monoisotopic (exact) mass is 541 g/mol. The number of methoxy groups -OCH3 is 1. The summed E-state index contributed by atoms with van der Waals surface area (Å²) in [5, 5.41) is 12.7. The first-order valence-corrected chi connectivity index (χ1v) is 11.9. The molecule has 204 valence electrons. The van der Waals surface area contributed by atoms with Crippen LogP contribution in [-0.2, 0) is 24.6 Å². The van der Waals surface area contributed by atoms with Crippen LogP contribution in [0.15, 0.2) is 58.2 Å². The second kappa shape index (κ2) is 11.1. The molecule has 10 nitrogen and oxygen atoms in total. The van der Waals surface area contributed by atoms with Crippen molar-refractivity contribution in [1.29, 1.82) is 0 Å². The molecule has 2 heterocycles. The average Bonchev–Trinajstić information content (AvgIpc) is 3.68. The number of benzene rings is 1. The third-order valence-corrected chi connectivity index (χ3v) is 6.11. The second-order valence-corrected chi connectivity index (χ2v) is 8.90. The van der Waals surface area contributed by atoms with Gasteiger partial charge in [-0.25, -0.2) is 29.7 Å². The molecule has 0 bridgehead atoms. The summed E-state index contributed by atoms with van der Waals surface area (Å²) in [5.41, 5.74) is 1.34. The first kappa shape index (κ1) is 27.5. The highest BCUT2D eigenvalue weighted by Gasteiger charge is 2.34. The third kappa shape index (κ3) is 6.13. The summed E-state index contributed by atoms with van der Waals surface area (Å²) < 4.78 is 45.8. The Kier molecular flexibility index (Phi) is 7.79. The number of carbonyl (C=O) groups is 1. The summed E-state index contributed by atoms with van der Waals surface area (Å²) in [6.07, 6.45) is -0.329. The Balaban J connectivity index is 1.61. The van der Waals surface area contributed by atoms with E-state index in [1.54, 1.807) is 24.3 Å². The number of rotatable bonds is 9. The first-order chi connectivity index (χ1) is 18.5. The Morgan fingerprint density at radius 3 is 2.49 bits per heavy atom. The second-order valence-electron chi connectivity index (χ2n) is 8.90. The fraction of sp³-hybridized carbons (Fsp3) is 0.308. The lowest BCUT2D eigenvalue weighted by Crippen LogP contribution is -2.18. The number of aryl methyl sites for hydroxylation is 1. The maximum Gasteiger partial charge on any atom is 0.434 e. The van der Waals surface area contributed by atoms with Gasteiger partial charge in [0.25, 0.3) is 0 Å². The number of imidazole rings is 1. The number of aliphatic carboxylic acids is 1. The number of halogens is 3. The molecule has 39 heavy (non-hydrogen) atoms. The molecule has 1 aliphatic rings. The molecule has 0 aliphatic heterocycles. The Morgan fingerprint density at radius 2 is 1.95 bits per heavy atom. The number of nitrogens with one attached hydrogen (secondary N) is 1. The quantitative estimate of drug-likeness (QED) is 0.234. The van der Waals surface area contributed by atoms with E-state index in [9.17, 15) is 23.1 Å². The number of hydrogen-bond donors (Lipinski definition) is 2. The zero-order valence-electron chi connectivity index (χ0n) is 21.5. The fourth-order valence-corrected chi connectivity index (χ4v) is 3.88. The van der Waals surface area contributed by atoms with Crippen molar-refractivity contribution in [2.24, 2.45) is 17.0 Å². The number of aromatic nitrogens is 4. The van der Waals surface area contributed by atoms with Gasteiger partial charge < -0.3 is 19.7 Å². The van der Waals surface area contributed by atoms with Crippen LogP contribution in [0.2, 0.25) is 0 Å². The van der Waals surface area contributed by atoms with Crippen molar-refractivity contribution in [3.63, 3.8) is 0 Å². The minimum absolute atomic E-state index is 0.0422. The lowest BCUT2D eigenvalue weighted by Gasteiger charge is -2.14. The minimum atomic E-state index is -4.54. The summed E-state index contributed by atoms with van der Waals surface area (Å²) >= 11 is 0. The van der Waals surface area contributed by atoms with Gasteiger partial charge in [0, 0.05) is 31.3 Å².